The Bertz CT molecular complexity index is 792. The zero-order valence-electron chi connectivity index (χ0n) is 12.6. The van der Waals surface area contributed by atoms with E-state index in [0.717, 1.165) is 22.5 Å². The summed E-state index contributed by atoms with van der Waals surface area (Å²) in [6.45, 7) is 0. The van der Waals surface area contributed by atoms with Crippen LogP contribution in [0.2, 0.25) is 0 Å². The maximum absolute atomic E-state index is 11.8. The van der Waals surface area contributed by atoms with Gasteiger partial charge in [0.1, 0.15) is 0 Å². The van der Waals surface area contributed by atoms with Crippen molar-refractivity contribution in [3.63, 3.8) is 0 Å². The van der Waals surface area contributed by atoms with Crippen LogP contribution >= 0.6 is 0 Å². The van der Waals surface area contributed by atoms with Gasteiger partial charge in [0.05, 0.1) is 18.3 Å². The highest BCUT2D eigenvalue weighted by atomic mass is 16.2. The zero-order valence-corrected chi connectivity index (χ0v) is 12.6. The SMILES string of the molecule is O=C(Cc1ccccc1)N/N=C/c1ccc(-c2ccccc2)[nH]1. The van der Waals surface area contributed by atoms with Crippen LogP contribution in [0.15, 0.2) is 77.9 Å². The van der Waals surface area contributed by atoms with Gasteiger partial charge in [0.25, 0.3) is 0 Å². The molecular weight excluding hydrogens is 286 g/mol. The topological polar surface area (TPSA) is 57.2 Å². The Morgan fingerprint density at radius 2 is 1.65 bits per heavy atom. The predicted molar refractivity (Wildman–Crippen MR) is 92.1 cm³/mol. The Morgan fingerprint density at radius 3 is 2.39 bits per heavy atom. The number of H-pyrrole nitrogens is 1. The molecule has 1 amide bonds. The number of nitrogens with zero attached hydrogens (tertiary/aromatic N) is 1. The molecule has 0 fully saturated rings. The van der Waals surface area contributed by atoms with Crippen LogP contribution in [0.25, 0.3) is 11.3 Å². The maximum atomic E-state index is 11.8. The quantitative estimate of drug-likeness (QED) is 0.551. The van der Waals surface area contributed by atoms with Crippen molar-refractivity contribution in [3.8, 4) is 11.3 Å². The number of benzene rings is 2. The molecule has 0 saturated carbocycles. The number of hydrogen-bond acceptors (Lipinski definition) is 2. The molecule has 0 bridgehead atoms. The minimum atomic E-state index is -0.137. The number of hydrogen-bond donors (Lipinski definition) is 2. The second kappa shape index (κ2) is 7.22. The molecule has 3 aromatic rings. The normalized spacial score (nSPS) is 10.8. The fraction of sp³-hybridized carbons (Fsp3) is 0.0526. The summed E-state index contributed by atoms with van der Waals surface area (Å²) >= 11 is 0. The Balaban J connectivity index is 1.56. The summed E-state index contributed by atoms with van der Waals surface area (Å²) in [5.41, 5.74) is 6.47. The molecule has 23 heavy (non-hydrogen) atoms. The Kier molecular flexibility index (Phi) is 4.64. The second-order valence-electron chi connectivity index (χ2n) is 5.15. The number of hydrazone groups is 1. The van der Waals surface area contributed by atoms with Gasteiger partial charge in [0, 0.05) is 5.69 Å². The van der Waals surface area contributed by atoms with Crippen molar-refractivity contribution >= 4 is 12.1 Å². The first-order valence-corrected chi connectivity index (χ1v) is 7.41. The molecule has 2 N–H and O–H groups in total. The number of carbonyl (C=O) groups excluding carboxylic acids is 1. The minimum Gasteiger partial charge on any atom is -0.354 e. The molecule has 0 radical (unpaired) electrons. The highest BCUT2D eigenvalue weighted by molar-refractivity contribution is 5.83. The first-order valence-electron chi connectivity index (χ1n) is 7.41. The van der Waals surface area contributed by atoms with E-state index in [1.54, 1.807) is 6.21 Å². The van der Waals surface area contributed by atoms with E-state index < -0.39 is 0 Å². The van der Waals surface area contributed by atoms with Crippen molar-refractivity contribution in [1.29, 1.82) is 0 Å². The van der Waals surface area contributed by atoms with Crippen LogP contribution in [0.3, 0.4) is 0 Å². The van der Waals surface area contributed by atoms with Gasteiger partial charge in [0.2, 0.25) is 5.91 Å². The number of aromatic nitrogens is 1. The summed E-state index contributed by atoms with van der Waals surface area (Å²) in [4.78, 5) is 15.0. The van der Waals surface area contributed by atoms with Crippen molar-refractivity contribution in [2.45, 2.75) is 6.42 Å². The van der Waals surface area contributed by atoms with Crippen LogP contribution in [0, 0.1) is 0 Å². The van der Waals surface area contributed by atoms with Crippen molar-refractivity contribution in [1.82, 2.24) is 10.4 Å². The lowest BCUT2D eigenvalue weighted by molar-refractivity contribution is -0.120. The van der Waals surface area contributed by atoms with E-state index in [1.807, 2.05) is 72.8 Å². The second-order valence-corrected chi connectivity index (χ2v) is 5.15. The van der Waals surface area contributed by atoms with E-state index in [2.05, 4.69) is 15.5 Å². The van der Waals surface area contributed by atoms with Gasteiger partial charge in [-0.15, -0.1) is 0 Å². The van der Waals surface area contributed by atoms with Gasteiger partial charge in [0.15, 0.2) is 0 Å². The summed E-state index contributed by atoms with van der Waals surface area (Å²) < 4.78 is 0. The lowest BCUT2D eigenvalue weighted by Crippen LogP contribution is -2.19. The molecule has 1 aromatic heterocycles. The van der Waals surface area contributed by atoms with Gasteiger partial charge >= 0.3 is 0 Å². The highest BCUT2D eigenvalue weighted by Crippen LogP contribution is 2.17. The zero-order chi connectivity index (χ0) is 15.9. The third-order valence-corrected chi connectivity index (χ3v) is 3.39. The summed E-state index contributed by atoms with van der Waals surface area (Å²) in [7, 11) is 0. The fourth-order valence-corrected chi connectivity index (χ4v) is 2.27. The maximum Gasteiger partial charge on any atom is 0.244 e. The van der Waals surface area contributed by atoms with Crippen molar-refractivity contribution in [2.24, 2.45) is 5.10 Å². The molecule has 0 aliphatic heterocycles. The van der Waals surface area contributed by atoms with Crippen LogP contribution in [0.4, 0.5) is 0 Å². The van der Waals surface area contributed by atoms with Gasteiger partial charge in [-0.05, 0) is 23.3 Å². The molecule has 1 heterocycles. The molecule has 4 nitrogen and oxygen atoms in total. The predicted octanol–water partition coefficient (Wildman–Crippen LogP) is 3.37. The van der Waals surface area contributed by atoms with Gasteiger partial charge in [-0.25, -0.2) is 5.43 Å². The molecule has 2 aromatic carbocycles. The van der Waals surface area contributed by atoms with Crippen molar-refractivity contribution in [3.05, 3.63) is 84.1 Å². The largest absolute Gasteiger partial charge is 0.354 e. The smallest absolute Gasteiger partial charge is 0.244 e. The van der Waals surface area contributed by atoms with Gasteiger partial charge in [-0.1, -0.05) is 60.7 Å². The third-order valence-electron chi connectivity index (χ3n) is 3.39. The summed E-state index contributed by atoms with van der Waals surface area (Å²) in [5, 5.41) is 3.99. The molecule has 4 heteroatoms. The lowest BCUT2D eigenvalue weighted by Gasteiger charge is -1.99. The van der Waals surface area contributed by atoms with Crippen molar-refractivity contribution < 1.29 is 4.79 Å². The monoisotopic (exact) mass is 303 g/mol. The molecule has 0 unspecified atom stereocenters. The molecule has 114 valence electrons. The van der Waals surface area contributed by atoms with Gasteiger partial charge in [-0.2, -0.15) is 5.10 Å². The average Bonchev–Trinajstić information content (AvgIpc) is 3.05. The van der Waals surface area contributed by atoms with Crippen LogP contribution in [0.5, 0.6) is 0 Å². The molecule has 0 spiro atoms. The van der Waals surface area contributed by atoms with E-state index in [4.69, 9.17) is 0 Å². The van der Waals surface area contributed by atoms with E-state index in [1.165, 1.54) is 0 Å². The number of rotatable bonds is 5. The van der Waals surface area contributed by atoms with Crippen LogP contribution in [-0.4, -0.2) is 17.1 Å². The average molecular weight is 303 g/mol. The Morgan fingerprint density at radius 1 is 0.957 bits per heavy atom. The van der Waals surface area contributed by atoms with Crippen LogP contribution in [0.1, 0.15) is 11.3 Å². The summed E-state index contributed by atoms with van der Waals surface area (Å²) in [6.07, 6.45) is 1.92. The fourth-order valence-electron chi connectivity index (χ4n) is 2.27. The van der Waals surface area contributed by atoms with Gasteiger partial charge in [-0.3, -0.25) is 4.79 Å². The van der Waals surface area contributed by atoms with Crippen LogP contribution in [-0.2, 0) is 11.2 Å². The van der Waals surface area contributed by atoms with E-state index in [0.29, 0.717) is 6.42 Å². The molecule has 0 aliphatic rings. The van der Waals surface area contributed by atoms with Crippen molar-refractivity contribution in [2.75, 3.05) is 0 Å². The number of carbonyl (C=O) groups is 1. The Labute approximate surface area is 134 Å². The minimum absolute atomic E-state index is 0.137. The molecule has 0 atom stereocenters. The molecule has 3 rings (SSSR count). The summed E-state index contributed by atoms with van der Waals surface area (Å²) in [5.74, 6) is -0.137. The number of aromatic amines is 1. The third kappa shape index (κ3) is 4.17. The van der Waals surface area contributed by atoms with E-state index >= 15 is 0 Å². The first kappa shape index (κ1) is 14.8. The molecular formula is C19H17N3O. The van der Waals surface area contributed by atoms with Crippen LogP contribution < -0.4 is 5.43 Å². The molecule has 0 saturated heterocycles. The number of amides is 1. The van der Waals surface area contributed by atoms with E-state index in [9.17, 15) is 4.79 Å². The first-order chi connectivity index (χ1) is 11.3. The number of nitrogens with one attached hydrogen (secondary N) is 2. The lowest BCUT2D eigenvalue weighted by atomic mass is 10.1. The Hall–Kier alpha value is -3.14. The van der Waals surface area contributed by atoms with E-state index in [-0.39, 0.29) is 5.91 Å². The standard InChI is InChI=1S/C19H17N3O/c23-19(13-15-7-3-1-4-8-15)22-20-14-17-11-12-18(21-17)16-9-5-2-6-10-16/h1-12,14,21H,13H2,(H,22,23)/b20-14+. The van der Waals surface area contributed by atoms with Gasteiger partial charge < -0.3 is 4.98 Å². The highest BCUT2D eigenvalue weighted by Gasteiger charge is 2.02. The molecule has 0 aliphatic carbocycles. The summed E-state index contributed by atoms with van der Waals surface area (Å²) in [6, 6.07) is 23.5.